The molecule has 0 heterocycles. The SMILES string of the molecule is CCOc1cc(/C=N\NC(=O)c2cccc3ccccc23)ccc1OC(C)=O. The lowest BCUT2D eigenvalue weighted by Gasteiger charge is -2.10. The van der Waals surface area contributed by atoms with E-state index in [4.69, 9.17) is 9.47 Å². The Hall–Kier alpha value is -3.67. The van der Waals surface area contributed by atoms with Crippen LogP contribution in [0.25, 0.3) is 10.8 Å². The summed E-state index contributed by atoms with van der Waals surface area (Å²) in [5, 5.41) is 5.88. The minimum absolute atomic E-state index is 0.297. The van der Waals surface area contributed by atoms with Crippen LogP contribution in [0.15, 0.2) is 65.8 Å². The number of amides is 1. The van der Waals surface area contributed by atoms with E-state index in [0.717, 1.165) is 10.8 Å². The maximum absolute atomic E-state index is 12.5. The highest BCUT2D eigenvalue weighted by Gasteiger charge is 2.10. The fourth-order valence-electron chi connectivity index (χ4n) is 2.76. The van der Waals surface area contributed by atoms with Crippen molar-refractivity contribution in [1.29, 1.82) is 0 Å². The molecule has 0 saturated carbocycles. The molecule has 1 N–H and O–H groups in total. The Morgan fingerprint density at radius 2 is 1.82 bits per heavy atom. The van der Waals surface area contributed by atoms with Gasteiger partial charge in [0.1, 0.15) is 0 Å². The first-order chi connectivity index (χ1) is 13.6. The van der Waals surface area contributed by atoms with Crippen LogP contribution in [0.4, 0.5) is 0 Å². The van der Waals surface area contributed by atoms with Crippen LogP contribution in [0.2, 0.25) is 0 Å². The predicted molar refractivity (Wildman–Crippen MR) is 108 cm³/mol. The van der Waals surface area contributed by atoms with Gasteiger partial charge in [0.25, 0.3) is 5.91 Å². The number of ether oxygens (including phenoxy) is 2. The summed E-state index contributed by atoms with van der Waals surface area (Å²) >= 11 is 0. The zero-order valence-corrected chi connectivity index (χ0v) is 15.6. The molecule has 0 spiro atoms. The van der Waals surface area contributed by atoms with Gasteiger partial charge in [0.15, 0.2) is 11.5 Å². The lowest BCUT2D eigenvalue weighted by atomic mass is 10.0. The molecule has 0 fully saturated rings. The van der Waals surface area contributed by atoms with Crippen molar-refractivity contribution in [2.75, 3.05) is 6.61 Å². The highest BCUT2D eigenvalue weighted by Crippen LogP contribution is 2.28. The number of carbonyl (C=O) groups excluding carboxylic acids is 2. The van der Waals surface area contributed by atoms with Crippen LogP contribution in [-0.4, -0.2) is 24.7 Å². The first kappa shape index (κ1) is 19.1. The number of benzene rings is 3. The van der Waals surface area contributed by atoms with Gasteiger partial charge in [-0.1, -0.05) is 36.4 Å². The van der Waals surface area contributed by atoms with Gasteiger partial charge in [-0.3, -0.25) is 9.59 Å². The minimum atomic E-state index is -0.426. The van der Waals surface area contributed by atoms with E-state index in [9.17, 15) is 9.59 Å². The third-order valence-electron chi connectivity index (χ3n) is 3.94. The van der Waals surface area contributed by atoms with E-state index < -0.39 is 5.97 Å². The number of hydrazone groups is 1. The maximum atomic E-state index is 12.5. The van der Waals surface area contributed by atoms with Gasteiger partial charge in [-0.05, 0) is 47.5 Å². The zero-order chi connectivity index (χ0) is 19.9. The van der Waals surface area contributed by atoms with Crippen molar-refractivity contribution >= 4 is 28.9 Å². The predicted octanol–water partition coefficient (Wildman–Crippen LogP) is 3.93. The molecule has 0 aliphatic carbocycles. The molecule has 0 aromatic heterocycles. The van der Waals surface area contributed by atoms with Crippen molar-refractivity contribution in [3.8, 4) is 11.5 Å². The van der Waals surface area contributed by atoms with Gasteiger partial charge < -0.3 is 9.47 Å². The monoisotopic (exact) mass is 376 g/mol. The van der Waals surface area contributed by atoms with Crippen molar-refractivity contribution in [2.24, 2.45) is 5.10 Å². The Bertz CT molecular complexity index is 1040. The van der Waals surface area contributed by atoms with Gasteiger partial charge in [0.05, 0.1) is 12.8 Å². The van der Waals surface area contributed by atoms with Crippen molar-refractivity contribution < 1.29 is 19.1 Å². The summed E-state index contributed by atoms with van der Waals surface area (Å²) in [7, 11) is 0. The van der Waals surface area contributed by atoms with Crippen LogP contribution >= 0.6 is 0 Å². The molecule has 1 amide bonds. The molecular weight excluding hydrogens is 356 g/mol. The topological polar surface area (TPSA) is 77.0 Å². The van der Waals surface area contributed by atoms with Crippen molar-refractivity contribution in [3.63, 3.8) is 0 Å². The minimum Gasteiger partial charge on any atom is -0.490 e. The van der Waals surface area contributed by atoms with Gasteiger partial charge in [-0.15, -0.1) is 0 Å². The van der Waals surface area contributed by atoms with E-state index in [-0.39, 0.29) is 5.91 Å². The third kappa shape index (κ3) is 4.54. The number of esters is 1. The molecule has 0 atom stereocenters. The first-order valence-electron chi connectivity index (χ1n) is 8.85. The van der Waals surface area contributed by atoms with E-state index in [1.54, 1.807) is 24.3 Å². The van der Waals surface area contributed by atoms with Gasteiger partial charge in [0.2, 0.25) is 0 Å². The molecule has 6 nitrogen and oxygen atoms in total. The number of hydrogen-bond donors (Lipinski definition) is 1. The van der Waals surface area contributed by atoms with Crippen LogP contribution < -0.4 is 14.9 Å². The number of carbonyl (C=O) groups is 2. The molecule has 0 unspecified atom stereocenters. The fraction of sp³-hybridized carbons (Fsp3) is 0.136. The van der Waals surface area contributed by atoms with Crippen molar-refractivity contribution in [1.82, 2.24) is 5.43 Å². The number of fused-ring (bicyclic) bond motifs is 1. The Morgan fingerprint density at radius 1 is 1.04 bits per heavy atom. The highest BCUT2D eigenvalue weighted by molar-refractivity contribution is 6.07. The Kier molecular flexibility index (Phi) is 6.01. The van der Waals surface area contributed by atoms with Gasteiger partial charge in [0, 0.05) is 12.5 Å². The summed E-state index contributed by atoms with van der Waals surface area (Å²) in [6.07, 6.45) is 1.50. The van der Waals surface area contributed by atoms with Crippen molar-refractivity contribution in [3.05, 3.63) is 71.8 Å². The molecule has 0 bridgehead atoms. The van der Waals surface area contributed by atoms with E-state index >= 15 is 0 Å². The molecule has 0 saturated heterocycles. The average molecular weight is 376 g/mol. The maximum Gasteiger partial charge on any atom is 0.308 e. The van der Waals surface area contributed by atoms with E-state index in [2.05, 4.69) is 10.5 Å². The second kappa shape index (κ2) is 8.81. The molecule has 0 aliphatic heterocycles. The zero-order valence-electron chi connectivity index (χ0n) is 15.6. The molecule has 0 aliphatic rings. The second-order valence-electron chi connectivity index (χ2n) is 5.96. The summed E-state index contributed by atoms with van der Waals surface area (Å²) in [5.41, 5.74) is 3.79. The Balaban J connectivity index is 1.75. The van der Waals surface area contributed by atoms with E-state index in [1.165, 1.54) is 13.1 Å². The standard InChI is InChI=1S/C22H20N2O4/c1-3-27-21-13-16(11-12-20(21)28-15(2)25)14-23-24-22(26)19-10-6-8-17-7-4-5-9-18(17)19/h4-14H,3H2,1-2H3,(H,24,26)/b23-14-. The summed E-state index contributed by atoms with van der Waals surface area (Å²) in [4.78, 5) is 23.7. The summed E-state index contributed by atoms with van der Waals surface area (Å²) in [6, 6.07) is 18.3. The Labute approximate surface area is 162 Å². The molecule has 6 heteroatoms. The van der Waals surface area contributed by atoms with Gasteiger partial charge in [-0.25, -0.2) is 5.43 Å². The average Bonchev–Trinajstić information content (AvgIpc) is 2.69. The summed E-state index contributed by atoms with van der Waals surface area (Å²) in [5.74, 6) is 0.0488. The third-order valence-corrected chi connectivity index (χ3v) is 3.94. The summed E-state index contributed by atoms with van der Waals surface area (Å²) < 4.78 is 10.6. The molecule has 0 radical (unpaired) electrons. The van der Waals surface area contributed by atoms with Crippen LogP contribution in [0.3, 0.4) is 0 Å². The molecule has 3 aromatic carbocycles. The highest BCUT2D eigenvalue weighted by atomic mass is 16.6. The van der Waals surface area contributed by atoms with Crippen LogP contribution in [0, 0.1) is 0 Å². The quantitative estimate of drug-likeness (QED) is 0.306. The normalized spacial score (nSPS) is 10.8. The van der Waals surface area contributed by atoms with Crippen LogP contribution in [0.1, 0.15) is 29.8 Å². The molecular formula is C22H20N2O4. The smallest absolute Gasteiger partial charge is 0.308 e. The lowest BCUT2D eigenvalue weighted by molar-refractivity contribution is -0.132. The van der Waals surface area contributed by atoms with Gasteiger partial charge in [-0.2, -0.15) is 5.10 Å². The molecule has 3 rings (SSSR count). The molecule has 3 aromatic rings. The first-order valence-corrected chi connectivity index (χ1v) is 8.85. The summed E-state index contributed by atoms with van der Waals surface area (Å²) in [6.45, 7) is 3.59. The van der Waals surface area contributed by atoms with Crippen LogP contribution in [-0.2, 0) is 4.79 Å². The fourth-order valence-corrected chi connectivity index (χ4v) is 2.76. The largest absolute Gasteiger partial charge is 0.490 e. The Morgan fingerprint density at radius 3 is 2.61 bits per heavy atom. The van der Waals surface area contributed by atoms with Crippen molar-refractivity contribution in [2.45, 2.75) is 13.8 Å². The van der Waals surface area contributed by atoms with Gasteiger partial charge >= 0.3 is 5.97 Å². The molecule has 28 heavy (non-hydrogen) atoms. The van der Waals surface area contributed by atoms with E-state index in [0.29, 0.717) is 29.2 Å². The number of nitrogens with one attached hydrogen (secondary N) is 1. The number of rotatable bonds is 6. The molecule has 142 valence electrons. The number of nitrogens with zero attached hydrogens (tertiary/aromatic N) is 1. The van der Waals surface area contributed by atoms with E-state index in [1.807, 2.05) is 43.3 Å². The lowest BCUT2D eigenvalue weighted by Crippen LogP contribution is -2.17. The van der Waals surface area contributed by atoms with Crippen LogP contribution in [0.5, 0.6) is 11.5 Å². The number of hydrogen-bond acceptors (Lipinski definition) is 5. The second-order valence-corrected chi connectivity index (χ2v) is 5.96.